The molecular formula is C17H15FN4O2S2. The lowest BCUT2D eigenvalue weighted by molar-refractivity contribution is -0.118. The third kappa shape index (κ3) is 4.36. The minimum absolute atomic E-state index is 0.130. The van der Waals surface area contributed by atoms with Gasteiger partial charge in [0.05, 0.1) is 10.6 Å². The van der Waals surface area contributed by atoms with E-state index in [-0.39, 0.29) is 23.8 Å². The lowest BCUT2D eigenvalue weighted by Gasteiger charge is -2.08. The van der Waals surface area contributed by atoms with Crippen molar-refractivity contribution >= 4 is 34.8 Å². The van der Waals surface area contributed by atoms with E-state index >= 15 is 0 Å². The molecule has 0 aliphatic carbocycles. The van der Waals surface area contributed by atoms with E-state index in [9.17, 15) is 14.0 Å². The molecule has 0 saturated carbocycles. The number of nitrogens with zero attached hydrogens (tertiary/aromatic N) is 3. The predicted molar refractivity (Wildman–Crippen MR) is 98.6 cm³/mol. The standard InChI is InChI=1S/C17H15FN4O2S2/c18-12-5-3-11(4-6-12)13(23)10-26-17-21-20-16(14-2-1-9-25-14)22(17)8-7-15(19)24/h1-6,9H,7-8,10H2,(H2,19,24). The van der Waals surface area contributed by atoms with Crippen molar-refractivity contribution in [1.29, 1.82) is 0 Å². The molecule has 134 valence electrons. The molecule has 0 aliphatic rings. The van der Waals surface area contributed by atoms with Crippen LogP contribution in [0.2, 0.25) is 0 Å². The van der Waals surface area contributed by atoms with E-state index in [1.807, 2.05) is 17.5 Å². The fraction of sp³-hybridized carbons (Fsp3) is 0.176. The number of rotatable bonds is 8. The quantitative estimate of drug-likeness (QED) is 0.472. The zero-order valence-electron chi connectivity index (χ0n) is 13.6. The second-order valence-corrected chi connectivity index (χ2v) is 7.26. The molecule has 3 aromatic rings. The van der Waals surface area contributed by atoms with Gasteiger partial charge in [0.1, 0.15) is 5.82 Å². The maximum absolute atomic E-state index is 13.0. The topological polar surface area (TPSA) is 90.9 Å². The molecule has 2 aromatic heterocycles. The number of Topliss-reactive ketones (excluding diaryl/α,β-unsaturated/α-hetero) is 1. The number of hydrogen-bond donors (Lipinski definition) is 1. The molecule has 26 heavy (non-hydrogen) atoms. The number of thioether (sulfide) groups is 1. The number of thiophene rings is 1. The van der Waals surface area contributed by atoms with Crippen LogP contribution >= 0.6 is 23.1 Å². The molecular weight excluding hydrogens is 375 g/mol. The van der Waals surface area contributed by atoms with Gasteiger partial charge in [0.15, 0.2) is 16.8 Å². The van der Waals surface area contributed by atoms with Crippen LogP contribution in [0.1, 0.15) is 16.8 Å². The molecule has 0 atom stereocenters. The van der Waals surface area contributed by atoms with E-state index in [4.69, 9.17) is 5.73 Å². The first-order valence-electron chi connectivity index (χ1n) is 7.71. The summed E-state index contributed by atoms with van der Waals surface area (Å²) in [6, 6.07) is 9.22. The van der Waals surface area contributed by atoms with Crippen molar-refractivity contribution in [3.05, 3.63) is 53.2 Å². The largest absolute Gasteiger partial charge is 0.370 e. The smallest absolute Gasteiger partial charge is 0.219 e. The Bertz CT molecular complexity index is 908. The van der Waals surface area contributed by atoms with Gasteiger partial charge >= 0.3 is 0 Å². The summed E-state index contributed by atoms with van der Waals surface area (Å²) < 4.78 is 14.8. The van der Waals surface area contributed by atoms with Crippen molar-refractivity contribution in [2.45, 2.75) is 18.1 Å². The normalized spacial score (nSPS) is 10.8. The maximum Gasteiger partial charge on any atom is 0.219 e. The zero-order valence-corrected chi connectivity index (χ0v) is 15.2. The van der Waals surface area contributed by atoms with Gasteiger partial charge in [0, 0.05) is 18.5 Å². The molecule has 1 aromatic carbocycles. The van der Waals surface area contributed by atoms with Crippen molar-refractivity contribution in [1.82, 2.24) is 14.8 Å². The summed E-state index contributed by atoms with van der Waals surface area (Å²) >= 11 is 2.73. The molecule has 1 amide bonds. The van der Waals surface area contributed by atoms with Crippen LogP contribution in [0.15, 0.2) is 46.9 Å². The van der Waals surface area contributed by atoms with Gasteiger partial charge in [-0.2, -0.15) is 0 Å². The lowest BCUT2D eigenvalue weighted by atomic mass is 10.1. The number of aromatic nitrogens is 3. The molecule has 3 rings (SSSR count). The molecule has 0 saturated heterocycles. The Kier molecular flexibility index (Phi) is 5.79. The highest BCUT2D eigenvalue weighted by molar-refractivity contribution is 7.99. The molecule has 2 N–H and O–H groups in total. The van der Waals surface area contributed by atoms with Crippen LogP contribution < -0.4 is 5.73 Å². The zero-order chi connectivity index (χ0) is 18.5. The monoisotopic (exact) mass is 390 g/mol. The van der Waals surface area contributed by atoms with Crippen molar-refractivity contribution in [3.8, 4) is 10.7 Å². The summed E-state index contributed by atoms with van der Waals surface area (Å²) in [6.07, 6.45) is 0.149. The molecule has 0 spiro atoms. The fourth-order valence-electron chi connectivity index (χ4n) is 2.26. The number of amides is 1. The van der Waals surface area contributed by atoms with Crippen LogP contribution in [-0.4, -0.2) is 32.2 Å². The van der Waals surface area contributed by atoms with E-state index in [0.29, 0.717) is 23.1 Å². The Morgan fingerprint density at radius 1 is 1.19 bits per heavy atom. The van der Waals surface area contributed by atoms with Crippen molar-refractivity contribution in [3.63, 3.8) is 0 Å². The van der Waals surface area contributed by atoms with Crippen LogP contribution in [-0.2, 0) is 11.3 Å². The van der Waals surface area contributed by atoms with Gasteiger partial charge in [0.25, 0.3) is 0 Å². The van der Waals surface area contributed by atoms with Crippen molar-refractivity contribution in [2.75, 3.05) is 5.75 Å². The number of primary amides is 1. The highest BCUT2D eigenvalue weighted by Gasteiger charge is 2.17. The SMILES string of the molecule is NC(=O)CCn1c(SCC(=O)c2ccc(F)cc2)nnc1-c1cccs1. The number of carbonyl (C=O) groups is 2. The van der Waals surface area contributed by atoms with Crippen molar-refractivity contribution in [2.24, 2.45) is 5.73 Å². The van der Waals surface area contributed by atoms with Gasteiger partial charge in [-0.05, 0) is 35.7 Å². The molecule has 0 unspecified atom stereocenters. The predicted octanol–water partition coefficient (Wildman–Crippen LogP) is 3.00. The molecule has 9 heteroatoms. The van der Waals surface area contributed by atoms with E-state index < -0.39 is 5.91 Å². The lowest BCUT2D eigenvalue weighted by Crippen LogP contribution is -2.15. The van der Waals surface area contributed by atoms with Crippen LogP contribution in [0, 0.1) is 5.82 Å². The fourth-order valence-corrected chi connectivity index (χ4v) is 3.83. The number of halogens is 1. The number of hydrogen-bond acceptors (Lipinski definition) is 6. The van der Waals surface area contributed by atoms with Crippen LogP contribution in [0.5, 0.6) is 0 Å². The molecule has 0 bridgehead atoms. The van der Waals surface area contributed by atoms with Gasteiger partial charge in [-0.15, -0.1) is 21.5 Å². The van der Waals surface area contributed by atoms with Crippen LogP contribution in [0.3, 0.4) is 0 Å². The molecule has 0 aliphatic heterocycles. The first-order valence-corrected chi connectivity index (χ1v) is 9.58. The summed E-state index contributed by atoms with van der Waals surface area (Å²) in [4.78, 5) is 24.3. The first-order chi connectivity index (χ1) is 12.5. The summed E-state index contributed by atoms with van der Waals surface area (Å²) in [5.74, 6) is -0.185. The van der Waals surface area contributed by atoms with Gasteiger partial charge in [0.2, 0.25) is 5.91 Å². The number of carbonyl (C=O) groups excluding carboxylic acids is 2. The van der Waals surface area contributed by atoms with E-state index in [1.165, 1.54) is 47.4 Å². The average Bonchev–Trinajstić information content (AvgIpc) is 3.27. The molecule has 2 heterocycles. The van der Waals surface area contributed by atoms with E-state index in [0.717, 1.165) is 4.88 Å². The number of nitrogens with two attached hydrogens (primary N) is 1. The minimum Gasteiger partial charge on any atom is -0.370 e. The third-order valence-electron chi connectivity index (χ3n) is 3.54. The number of ketones is 1. The van der Waals surface area contributed by atoms with Crippen LogP contribution in [0.4, 0.5) is 4.39 Å². The molecule has 0 fully saturated rings. The average molecular weight is 390 g/mol. The maximum atomic E-state index is 13.0. The first kappa shape index (κ1) is 18.3. The van der Waals surface area contributed by atoms with Gasteiger partial charge < -0.3 is 10.3 Å². The van der Waals surface area contributed by atoms with Crippen molar-refractivity contribution < 1.29 is 14.0 Å². The Morgan fingerprint density at radius 2 is 1.96 bits per heavy atom. The van der Waals surface area contributed by atoms with E-state index in [2.05, 4.69) is 10.2 Å². The highest BCUT2D eigenvalue weighted by atomic mass is 32.2. The van der Waals surface area contributed by atoms with Gasteiger partial charge in [-0.3, -0.25) is 9.59 Å². The van der Waals surface area contributed by atoms with Crippen LogP contribution in [0.25, 0.3) is 10.7 Å². The Hall–Kier alpha value is -2.52. The minimum atomic E-state index is -0.422. The van der Waals surface area contributed by atoms with Gasteiger partial charge in [-0.1, -0.05) is 17.8 Å². The third-order valence-corrected chi connectivity index (χ3v) is 5.37. The summed E-state index contributed by atoms with van der Waals surface area (Å²) in [7, 11) is 0. The molecule has 0 radical (unpaired) electrons. The Labute approximate surface area is 157 Å². The second-order valence-electron chi connectivity index (χ2n) is 5.37. The molecule has 6 nitrogen and oxygen atoms in total. The summed E-state index contributed by atoms with van der Waals surface area (Å²) in [6.45, 7) is 0.336. The Balaban J connectivity index is 1.77. The Morgan fingerprint density at radius 3 is 2.62 bits per heavy atom. The summed E-state index contributed by atoms with van der Waals surface area (Å²) in [5.41, 5.74) is 5.69. The highest BCUT2D eigenvalue weighted by Crippen LogP contribution is 2.27. The number of benzene rings is 1. The second kappa shape index (κ2) is 8.24. The summed E-state index contributed by atoms with van der Waals surface area (Å²) in [5, 5.41) is 10.8. The van der Waals surface area contributed by atoms with E-state index in [1.54, 1.807) is 4.57 Å². The van der Waals surface area contributed by atoms with Gasteiger partial charge in [-0.25, -0.2) is 4.39 Å².